The van der Waals surface area contributed by atoms with Gasteiger partial charge in [0.2, 0.25) is 5.91 Å². The van der Waals surface area contributed by atoms with E-state index in [0.29, 0.717) is 11.5 Å². The van der Waals surface area contributed by atoms with E-state index >= 15 is 0 Å². The van der Waals surface area contributed by atoms with Crippen molar-refractivity contribution >= 4 is 5.91 Å². The van der Waals surface area contributed by atoms with Crippen LogP contribution in [-0.2, 0) is 4.79 Å². The minimum Gasteiger partial charge on any atom is -0.351 e. The van der Waals surface area contributed by atoms with E-state index in [2.05, 4.69) is 12.2 Å². The fraction of sp³-hybridized carbons (Fsp3) is 0.941. The second kappa shape index (κ2) is 4.46. The minimum absolute atomic E-state index is 0.199. The van der Waals surface area contributed by atoms with Crippen molar-refractivity contribution in [2.75, 3.05) is 14.1 Å². The largest absolute Gasteiger partial charge is 0.351 e. The van der Waals surface area contributed by atoms with E-state index in [9.17, 15) is 4.79 Å². The Kier molecular flexibility index (Phi) is 3.20. The topological polar surface area (TPSA) is 32.3 Å². The number of likely N-dealkylation sites (N-methyl/N-ethyl adjacent to an activating group) is 1. The van der Waals surface area contributed by atoms with Crippen LogP contribution in [-0.4, -0.2) is 36.5 Å². The second-order valence-electron chi connectivity index (χ2n) is 8.73. The summed E-state index contributed by atoms with van der Waals surface area (Å²) >= 11 is 0. The molecule has 0 aromatic carbocycles. The van der Waals surface area contributed by atoms with Gasteiger partial charge in [-0.2, -0.15) is 0 Å². The zero-order valence-electron chi connectivity index (χ0n) is 13.7. The number of nitrogens with zero attached hydrogens (tertiary/aromatic N) is 1. The van der Waals surface area contributed by atoms with Crippen LogP contribution in [0.15, 0.2) is 0 Å². The molecule has 0 spiro atoms. The number of carbonyl (C=O) groups is 1. The highest BCUT2D eigenvalue weighted by atomic mass is 16.2. The first kappa shape index (κ1) is 14.4. The van der Waals surface area contributed by atoms with Gasteiger partial charge in [0, 0.05) is 6.04 Å². The molecule has 1 amide bonds. The molecule has 4 fully saturated rings. The van der Waals surface area contributed by atoms with Crippen molar-refractivity contribution in [3.8, 4) is 0 Å². The molecule has 3 nitrogen and oxygen atoms in total. The molecule has 4 aliphatic rings. The Morgan fingerprint density at radius 3 is 2.15 bits per heavy atom. The van der Waals surface area contributed by atoms with Crippen molar-refractivity contribution in [3.05, 3.63) is 0 Å². The average Bonchev–Trinajstić information content (AvgIpc) is 2.31. The van der Waals surface area contributed by atoms with Crippen molar-refractivity contribution in [1.29, 1.82) is 0 Å². The number of hydrogen-bond donors (Lipinski definition) is 1. The van der Waals surface area contributed by atoms with Gasteiger partial charge in [0.15, 0.2) is 0 Å². The van der Waals surface area contributed by atoms with Crippen molar-refractivity contribution in [1.82, 2.24) is 10.2 Å². The molecule has 0 radical (unpaired) electrons. The van der Waals surface area contributed by atoms with E-state index in [1.807, 2.05) is 32.8 Å². The highest BCUT2D eigenvalue weighted by Gasteiger charge is 2.54. The molecule has 4 rings (SSSR count). The Balaban J connectivity index is 1.72. The summed E-state index contributed by atoms with van der Waals surface area (Å²) < 4.78 is 0. The third-order valence-electron chi connectivity index (χ3n) is 6.55. The molecule has 20 heavy (non-hydrogen) atoms. The van der Waals surface area contributed by atoms with Crippen LogP contribution < -0.4 is 5.32 Å². The van der Waals surface area contributed by atoms with Crippen LogP contribution in [0.5, 0.6) is 0 Å². The quantitative estimate of drug-likeness (QED) is 0.861. The van der Waals surface area contributed by atoms with Gasteiger partial charge in [-0.05, 0) is 83.2 Å². The van der Waals surface area contributed by atoms with E-state index < -0.39 is 5.54 Å². The Bertz CT molecular complexity index is 399. The lowest BCUT2D eigenvalue weighted by Crippen LogP contribution is -2.62. The van der Waals surface area contributed by atoms with E-state index in [0.717, 1.165) is 17.8 Å². The zero-order chi connectivity index (χ0) is 14.7. The highest BCUT2D eigenvalue weighted by Crippen LogP contribution is 2.59. The highest BCUT2D eigenvalue weighted by molar-refractivity contribution is 5.85. The predicted molar refractivity (Wildman–Crippen MR) is 81.4 cm³/mol. The molecule has 4 bridgehead atoms. The third-order valence-corrected chi connectivity index (χ3v) is 6.55. The van der Waals surface area contributed by atoms with Crippen molar-refractivity contribution < 1.29 is 4.79 Å². The SMILES string of the molecule is CN(C)C(C)(C)C(=O)NC1C2CC3CC1CC(C)(C3)C2. The van der Waals surface area contributed by atoms with Gasteiger partial charge in [-0.25, -0.2) is 0 Å². The summed E-state index contributed by atoms with van der Waals surface area (Å²) in [6.07, 6.45) is 6.78. The van der Waals surface area contributed by atoms with Gasteiger partial charge in [0.25, 0.3) is 0 Å². The lowest BCUT2D eigenvalue weighted by Gasteiger charge is -2.59. The van der Waals surface area contributed by atoms with E-state index in [1.54, 1.807) is 0 Å². The monoisotopic (exact) mass is 278 g/mol. The first-order valence-corrected chi connectivity index (χ1v) is 8.20. The summed E-state index contributed by atoms with van der Waals surface area (Å²) in [5.41, 5.74) is 0.160. The summed E-state index contributed by atoms with van der Waals surface area (Å²) in [4.78, 5) is 14.6. The van der Waals surface area contributed by atoms with Crippen LogP contribution >= 0.6 is 0 Å². The third kappa shape index (κ3) is 2.18. The maximum Gasteiger partial charge on any atom is 0.240 e. The molecule has 4 aliphatic carbocycles. The van der Waals surface area contributed by atoms with Crippen LogP contribution in [0.2, 0.25) is 0 Å². The fourth-order valence-electron chi connectivity index (χ4n) is 5.20. The molecule has 0 saturated heterocycles. The van der Waals surface area contributed by atoms with Crippen LogP contribution in [0.3, 0.4) is 0 Å². The molecular weight excluding hydrogens is 248 g/mol. The van der Waals surface area contributed by atoms with E-state index in [1.165, 1.54) is 32.1 Å². The Morgan fingerprint density at radius 2 is 1.70 bits per heavy atom. The van der Waals surface area contributed by atoms with Gasteiger partial charge in [-0.3, -0.25) is 9.69 Å². The summed E-state index contributed by atoms with van der Waals surface area (Å²) in [6, 6.07) is 0.436. The normalized spacial score (nSPS) is 43.1. The van der Waals surface area contributed by atoms with Gasteiger partial charge in [-0.1, -0.05) is 6.92 Å². The molecule has 114 valence electrons. The molecular formula is C17H30N2O. The van der Waals surface area contributed by atoms with E-state index in [-0.39, 0.29) is 5.91 Å². The molecule has 2 atom stereocenters. The van der Waals surface area contributed by atoms with Gasteiger partial charge >= 0.3 is 0 Å². The van der Waals surface area contributed by atoms with Crippen molar-refractivity contribution in [3.63, 3.8) is 0 Å². The van der Waals surface area contributed by atoms with Crippen LogP contribution in [0.1, 0.15) is 52.9 Å². The molecule has 0 aliphatic heterocycles. The van der Waals surface area contributed by atoms with Crippen molar-refractivity contribution in [2.45, 2.75) is 64.5 Å². The first-order chi connectivity index (χ1) is 9.21. The Hall–Kier alpha value is -0.570. The zero-order valence-corrected chi connectivity index (χ0v) is 13.7. The maximum atomic E-state index is 12.6. The smallest absolute Gasteiger partial charge is 0.240 e. The van der Waals surface area contributed by atoms with Crippen LogP contribution in [0.25, 0.3) is 0 Å². The maximum absolute atomic E-state index is 12.6. The number of carbonyl (C=O) groups excluding carboxylic acids is 1. The first-order valence-electron chi connectivity index (χ1n) is 8.20. The number of rotatable bonds is 3. The van der Waals surface area contributed by atoms with Gasteiger partial charge in [0.1, 0.15) is 0 Å². The molecule has 4 saturated carbocycles. The average molecular weight is 278 g/mol. The molecule has 2 unspecified atom stereocenters. The molecule has 0 heterocycles. The Labute approximate surface area is 123 Å². The molecule has 3 heteroatoms. The van der Waals surface area contributed by atoms with Gasteiger partial charge in [-0.15, -0.1) is 0 Å². The summed E-state index contributed by atoms with van der Waals surface area (Å²) in [5, 5.41) is 3.42. The summed E-state index contributed by atoms with van der Waals surface area (Å²) in [5.74, 6) is 2.60. The van der Waals surface area contributed by atoms with Gasteiger partial charge < -0.3 is 5.32 Å². The summed E-state index contributed by atoms with van der Waals surface area (Å²) in [6.45, 7) is 6.50. The standard InChI is InChI=1S/C17H30N2O/c1-16(2,19(4)5)15(20)18-14-12-6-11-7-13(14)10-17(3,8-11)9-12/h11-14H,6-10H2,1-5H3,(H,18,20). The van der Waals surface area contributed by atoms with Gasteiger partial charge in [0.05, 0.1) is 5.54 Å². The van der Waals surface area contributed by atoms with E-state index in [4.69, 9.17) is 0 Å². The van der Waals surface area contributed by atoms with Crippen molar-refractivity contribution in [2.24, 2.45) is 23.2 Å². The van der Waals surface area contributed by atoms with Crippen LogP contribution in [0.4, 0.5) is 0 Å². The Morgan fingerprint density at radius 1 is 1.15 bits per heavy atom. The number of amides is 1. The lowest BCUT2D eigenvalue weighted by molar-refractivity contribution is -0.136. The van der Waals surface area contributed by atoms with Crippen LogP contribution in [0, 0.1) is 23.2 Å². The number of hydrogen-bond acceptors (Lipinski definition) is 2. The molecule has 1 N–H and O–H groups in total. The molecule has 0 aromatic rings. The summed E-state index contributed by atoms with van der Waals surface area (Å²) in [7, 11) is 3.97. The second-order valence-corrected chi connectivity index (χ2v) is 8.73. The lowest BCUT2D eigenvalue weighted by atomic mass is 9.48. The number of nitrogens with one attached hydrogen (secondary N) is 1. The fourth-order valence-corrected chi connectivity index (χ4v) is 5.20. The minimum atomic E-state index is -0.418. The predicted octanol–water partition coefficient (Wildman–Crippen LogP) is 2.66. The molecule has 0 aromatic heterocycles.